The van der Waals surface area contributed by atoms with Crippen LogP contribution in [0.5, 0.6) is 28.7 Å². The Balaban J connectivity index is 1.34. The first-order valence-electron chi connectivity index (χ1n) is 14.6. The Labute approximate surface area is 252 Å². The van der Waals surface area contributed by atoms with Crippen molar-refractivity contribution in [3.8, 4) is 34.8 Å². The van der Waals surface area contributed by atoms with Crippen LogP contribution in [0.2, 0.25) is 0 Å². The third-order valence-corrected chi connectivity index (χ3v) is 7.92. The summed E-state index contributed by atoms with van der Waals surface area (Å²) >= 11 is 0. The highest BCUT2D eigenvalue weighted by Crippen LogP contribution is 2.38. The van der Waals surface area contributed by atoms with Crippen LogP contribution in [-0.4, -0.2) is 60.5 Å². The number of ether oxygens (including phenoxy) is 4. The maximum Gasteiger partial charge on any atom is 0.169 e. The third kappa shape index (κ3) is 6.94. The number of nitrogens with one attached hydrogen (secondary N) is 1. The van der Waals surface area contributed by atoms with E-state index in [0.29, 0.717) is 69.5 Å². The zero-order chi connectivity index (χ0) is 30.3. The first-order valence-corrected chi connectivity index (χ1v) is 14.6. The molecule has 2 N–H and O–H groups in total. The second-order valence-electron chi connectivity index (χ2n) is 10.9. The number of para-hydroxylation sites is 2. The average molecular weight is 583 g/mol. The molecule has 4 aromatic rings. The number of pyridine rings is 1. The molecule has 0 bridgehead atoms. The van der Waals surface area contributed by atoms with Crippen molar-refractivity contribution in [2.45, 2.75) is 51.3 Å². The van der Waals surface area contributed by atoms with Crippen LogP contribution in [0.15, 0.2) is 66.9 Å². The summed E-state index contributed by atoms with van der Waals surface area (Å²) in [6.45, 7) is 5.11. The summed E-state index contributed by atoms with van der Waals surface area (Å²) in [5.74, 6) is 2.87. The molecule has 9 nitrogen and oxygen atoms in total. The van der Waals surface area contributed by atoms with Gasteiger partial charge in [-0.3, -0.25) is 9.88 Å². The molecule has 1 aliphatic rings. The van der Waals surface area contributed by atoms with E-state index in [0.717, 1.165) is 18.5 Å². The van der Waals surface area contributed by atoms with E-state index >= 15 is 0 Å². The van der Waals surface area contributed by atoms with Gasteiger partial charge in [-0.15, -0.1) is 0 Å². The lowest BCUT2D eigenvalue weighted by molar-refractivity contribution is 0.0205. The molecule has 3 atom stereocenters. The fourth-order valence-corrected chi connectivity index (χ4v) is 5.59. The number of fused-ring (bicyclic) bond motifs is 1. The molecule has 1 aromatic heterocycles. The van der Waals surface area contributed by atoms with Gasteiger partial charge in [-0.2, -0.15) is 5.26 Å². The standard InChI is InChI=1S/C34H38N4O5/c1-22-8-7-9-23(2)38(22)20-26(39)21-42-33-17-29-28(16-32(33)41-4)34(24(18-35)19-36-29)37-25-12-14-27(15-13-25)43-31-11-6-5-10-30(31)40-3/h5-6,10-17,19,22-23,26,39H,7-9,20-21H2,1-4H3,(H,36,37). The summed E-state index contributed by atoms with van der Waals surface area (Å²) in [6.07, 6.45) is 4.40. The number of benzene rings is 3. The Bertz CT molecular complexity index is 1580. The van der Waals surface area contributed by atoms with Crippen LogP contribution in [0.4, 0.5) is 11.4 Å². The number of likely N-dealkylation sites (tertiary alicyclic amines) is 1. The molecule has 3 aromatic carbocycles. The van der Waals surface area contributed by atoms with E-state index in [4.69, 9.17) is 18.9 Å². The van der Waals surface area contributed by atoms with E-state index in [2.05, 4.69) is 35.1 Å². The highest BCUT2D eigenvalue weighted by atomic mass is 16.5. The first-order chi connectivity index (χ1) is 20.9. The Hall–Kier alpha value is -4.52. The van der Waals surface area contributed by atoms with Crippen molar-refractivity contribution in [1.82, 2.24) is 9.88 Å². The quantitative estimate of drug-likeness (QED) is 0.201. The molecule has 43 heavy (non-hydrogen) atoms. The van der Waals surface area contributed by atoms with E-state index in [1.54, 1.807) is 26.4 Å². The van der Waals surface area contributed by atoms with Gasteiger partial charge in [0.2, 0.25) is 0 Å². The largest absolute Gasteiger partial charge is 0.493 e. The normalized spacial score (nSPS) is 17.6. The van der Waals surface area contributed by atoms with Gasteiger partial charge in [0, 0.05) is 42.0 Å². The maximum atomic E-state index is 10.8. The molecule has 0 radical (unpaired) electrons. The number of hydrogen-bond donors (Lipinski definition) is 2. The van der Waals surface area contributed by atoms with E-state index in [-0.39, 0.29) is 6.61 Å². The summed E-state index contributed by atoms with van der Waals surface area (Å²) in [7, 11) is 3.17. The van der Waals surface area contributed by atoms with Crippen molar-refractivity contribution >= 4 is 22.3 Å². The van der Waals surface area contributed by atoms with Crippen LogP contribution >= 0.6 is 0 Å². The number of β-amino-alcohol motifs (C(OH)–C–C–N with tert-alkyl or cyclic N) is 1. The number of nitriles is 1. The number of rotatable bonds is 11. The van der Waals surface area contributed by atoms with Crippen LogP contribution in [-0.2, 0) is 0 Å². The van der Waals surface area contributed by atoms with Crippen LogP contribution in [0.25, 0.3) is 10.9 Å². The molecule has 3 unspecified atom stereocenters. The summed E-state index contributed by atoms with van der Waals surface area (Å²) in [4.78, 5) is 6.86. The molecule has 0 saturated carbocycles. The zero-order valence-corrected chi connectivity index (χ0v) is 25.0. The summed E-state index contributed by atoms with van der Waals surface area (Å²) in [6, 6.07) is 21.6. The van der Waals surface area contributed by atoms with Crippen LogP contribution in [0, 0.1) is 11.3 Å². The van der Waals surface area contributed by atoms with Gasteiger partial charge in [-0.1, -0.05) is 18.6 Å². The molecule has 0 spiro atoms. The summed E-state index contributed by atoms with van der Waals surface area (Å²) in [5.41, 5.74) is 2.38. The van der Waals surface area contributed by atoms with Crippen molar-refractivity contribution in [2.75, 3.05) is 32.7 Å². The molecule has 2 heterocycles. The van der Waals surface area contributed by atoms with E-state index < -0.39 is 6.10 Å². The van der Waals surface area contributed by atoms with Gasteiger partial charge in [0.05, 0.1) is 31.0 Å². The monoisotopic (exact) mass is 582 g/mol. The van der Waals surface area contributed by atoms with Crippen LogP contribution in [0.3, 0.4) is 0 Å². The number of methoxy groups -OCH3 is 2. The van der Waals surface area contributed by atoms with Crippen molar-refractivity contribution in [3.63, 3.8) is 0 Å². The zero-order valence-electron chi connectivity index (χ0n) is 25.0. The van der Waals surface area contributed by atoms with E-state index in [9.17, 15) is 10.4 Å². The lowest BCUT2D eigenvalue weighted by Crippen LogP contribution is -2.48. The molecule has 224 valence electrons. The van der Waals surface area contributed by atoms with Crippen molar-refractivity contribution in [3.05, 3.63) is 72.4 Å². The average Bonchev–Trinajstić information content (AvgIpc) is 3.02. The van der Waals surface area contributed by atoms with Crippen molar-refractivity contribution < 1.29 is 24.1 Å². The van der Waals surface area contributed by atoms with Gasteiger partial charge in [0.25, 0.3) is 0 Å². The van der Waals surface area contributed by atoms with Crippen molar-refractivity contribution in [2.24, 2.45) is 0 Å². The minimum absolute atomic E-state index is 0.127. The number of piperidine rings is 1. The Morgan fingerprint density at radius 2 is 1.67 bits per heavy atom. The van der Waals surface area contributed by atoms with Gasteiger partial charge in [-0.05, 0) is 69.2 Å². The van der Waals surface area contributed by atoms with E-state index in [1.807, 2.05) is 48.5 Å². The van der Waals surface area contributed by atoms with Gasteiger partial charge in [-0.25, -0.2) is 0 Å². The minimum atomic E-state index is -0.649. The number of aliphatic hydroxyl groups excluding tert-OH is 1. The lowest BCUT2D eigenvalue weighted by Gasteiger charge is -2.40. The molecule has 9 heteroatoms. The molecule has 1 fully saturated rings. The van der Waals surface area contributed by atoms with Crippen LogP contribution in [0.1, 0.15) is 38.7 Å². The van der Waals surface area contributed by atoms with Crippen molar-refractivity contribution in [1.29, 1.82) is 5.26 Å². The van der Waals surface area contributed by atoms with Gasteiger partial charge in [0.1, 0.15) is 24.5 Å². The molecule has 0 aliphatic carbocycles. The first kappa shape index (κ1) is 30.0. The molecular weight excluding hydrogens is 544 g/mol. The fourth-order valence-electron chi connectivity index (χ4n) is 5.59. The maximum absolute atomic E-state index is 10.8. The lowest BCUT2D eigenvalue weighted by atomic mass is 9.97. The Morgan fingerprint density at radius 3 is 2.35 bits per heavy atom. The SMILES string of the molecule is COc1cc2c(Nc3ccc(Oc4ccccc4OC)cc3)c(C#N)cnc2cc1OCC(O)CN1C(C)CCCC1C. The van der Waals surface area contributed by atoms with Crippen LogP contribution < -0.4 is 24.3 Å². The predicted molar refractivity (Wildman–Crippen MR) is 167 cm³/mol. The molecule has 1 saturated heterocycles. The van der Waals surface area contributed by atoms with Gasteiger partial charge in [0.15, 0.2) is 23.0 Å². The summed E-state index contributed by atoms with van der Waals surface area (Å²) in [5, 5.41) is 24.7. The Kier molecular flexibility index (Phi) is 9.50. The highest BCUT2D eigenvalue weighted by Gasteiger charge is 2.27. The highest BCUT2D eigenvalue weighted by molar-refractivity contribution is 5.97. The van der Waals surface area contributed by atoms with Gasteiger partial charge >= 0.3 is 0 Å². The number of hydrogen-bond acceptors (Lipinski definition) is 9. The molecular formula is C34H38N4O5. The fraction of sp³-hybridized carbons (Fsp3) is 0.353. The predicted octanol–water partition coefficient (Wildman–Crippen LogP) is 6.66. The number of aliphatic hydroxyl groups is 1. The smallest absolute Gasteiger partial charge is 0.169 e. The second-order valence-corrected chi connectivity index (χ2v) is 10.9. The number of anilines is 2. The second kappa shape index (κ2) is 13.6. The molecule has 1 aliphatic heterocycles. The minimum Gasteiger partial charge on any atom is -0.493 e. The Morgan fingerprint density at radius 1 is 0.977 bits per heavy atom. The third-order valence-electron chi connectivity index (χ3n) is 7.92. The van der Waals surface area contributed by atoms with E-state index in [1.165, 1.54) is 12.6 Å². The summed E-state index contributed by atoms with van der Waals surface area (Å²) < 4.78 is 23.1. The molecule has 0 amide bonds. The topological polar surface area (TPSA) is 109 Å². The molecule has 5 rings (SSSR count). The van der Waals surface area contributed by atoms with Gasteiger partial charge < -0.3 is 29.4 Å². The number of nitrogens with zero attached hydrogens (tertiary/aromatic N) is 3. The number of aromatic nitrogens is 1.